The van der Waals surface area contributed by atoms with E-state index in [0.717, 1.165) is 0 Å². The molecule has 23 heavy (non-hydrogen) atoms. The fraction of sp³-hybridized carbons (Fsp3) is 0.188. The van der Waals surface area contributed by atoms with Gasteiger partial charge in [-0.3, -0.25) is 4.79 Å². The van der Waals surface area contributed by atoms with E-state index in [1.165, 1.54) is 0 Å². The lowest BCUT2D eigenvalue weighted by Crippen LogP contribution is -2.44. The van der Waals surface area contributed by atoms with Crippen molar-refractivity contribution in [1.29, 1.82) is 0 Å². The van der Waals surface area contributed by atoms with Gasteiger partial charge in [0.05, 0.1) is 0 Å². The molecule has 2 aromatic rings. The predicted molar refractivity (Wildman–Crippen MR) is 86.6 cm³/mol. The van der Waals surface area contributed by atoms with Crippen LogP contribution in [-0.2, 0) is 16.0 Å². The van der Waals surface area contributed by atoms with E-state index >= 15 is 0 Å². The van der Waals surface area contributed by atoms with Gasteiger partial charge >= 0.3 is 5.97 Å². The van der Waals surface area contributed by atoms with Gasteiger partial charge in [0.2, 0.25) is 0 Å². The van der Waals surface area contributed by atoms with Gasteiger partial charge < -0.3 is 15.5 Å². The molecule has 1 heterocycles. The van der Waals surface area contributed by atoms with Crippen molar-refractivity contribution in [1.82, 2.24) is 10.3 Å². The molecule has 0 saturated heterocycles. The lowest BCUT2D eigenvalue weighted by Gasteiger charge is -2.18. The standard InChI is InChI=1S/C16H15BrN2O4/c17-14-11(7-4-8-18-14)9-12(16(22)23)19-15(21)13(20)10-5-2-1-3-6-10/h1-8,12-13,20H,9H2,(H,19,21)(H,22,23)/t12-,13-/m0/s1. The Morgan fingerprint density at radius 1 is 1.17 bits per heavy atom. The lowest BCUT2D eigenvalue weighted by atomic mass is 10.1. The van der Waals surface area contributed by atoms with Crippen LogP contribution in [0, 0.1) is 0 Å². The molecule has 1 aromatic heterocycles. The summed E-state index contributed by atoms with van der Waals surface area (Å²) in [6, 6.07) is 10.6. The third-order valence-corrected chi connectivity index (χ3v) is 3.95. The molecule has 0 radical (unpaired) electrons. The number of amides is 1. The van der Waals surface area contributed by atoms with Gasteiger partial charge in [0, 0.05) is 12.6 Å². The average molecular weight is 379 g/mol. The van der Waals surface area contributed by atoms with Crippen LogP contribution in [0.5, 0.6) is 0 Å². The number of nitrogens with zero attached hydrogens (tertiary/aromatic N) is 1. The summed E-state index contributed by atoms with van der Waals surface area (Å²) < 4.78 is 0.518. The van der Waals surface area contributed by atoms with Crippen molar-refractivity contribution < 1.29 is 19.8 Å². The van der Waals surface area contributed by atoms with Gasteiger partial charge in [-0.2, -0.15) is 0 Å². The van der Waals surface area contributed by atoms with E-state index in [-0.39, 0.29) is 6.42 Å². The molecule has 2 atom stereocenters. The number of carbonyl (C=O) groups is 2. The van der Waals surface area contributed by atoms with Crippen molar-refractivity contribution in [2.75, 3.05) is 0 Å². The zero-order valence-corrected chi connectivity index (χ0v) is 13.6. The molecule has 0 aliphatic heterocycles. The van der Waals surface area contributed by atoms with Crippen molar-refractivity contribution in [2.45, 2.75) is 18.6 Å². The first-order valence-corrected chi connectivity index (χ1v) is 7.64. The van der Waals surface area contributed by atoms with Crippen LogP contribution in [0.15, 0.2) is 53.3 Å². The summed E-state index contributed by atoms with van der Waals surface area (Å²) in [7, 11) is 0. The van der Waals surface area contributed by atoms with Crippen molar-refractivity contribution >= 4 is 27.8 Å². The lowest BCUT2D eigenvalue weighted by molar-refractivity contribution is -0.143. The predicted octanol–water partition coefficient (Wildman–Crippen LogP) is 1.69. The number of aliphatic hydroxyl groups excluding tert-OH is 1. The van der Waals surface area contributed by atoms with E-state index < -0.39 is 24.0 Å². The molecule has 2 rings (SSSR count). The molecular formula is C16H15BrN2O4. The highest BCUT2D eigenvalue weighted by molar-refractivity contribution is 9.10. The molecule has 7 heteroatoms. The highest BCUT2D eigenvalue weighted by Gasteiger charge is 2.25. The molecule has 0 aliphatic rings. The maximum absolute atomic E-state index is 12.1. The van der Waals surface area contributed by atoms with Crippen LogP contribution in [0.2, 0.25) is 0 Å². The third-order valence-electron chi connectivity index (χ3n) is 3.24. The Kier molecular flexibility index (Phi) is 5.84. The fourth-order valence-corrected chi connectivity index (χ4v) is 2.44. The molecule has 0 spiro atoms. The van der Waals surface area contributed by atoms with E-state index in [1.54, 1.807) is 48.7 Å². The molecule has 120 valence electrons. The quantitative estimate of drug-likeness (QED) is 0.664. The monoisotopic (exact) mass is 378 g/mol. The van der Waals surface area contributed by atoms with Crippen LogP contribution in [0.25, 0.3) is 0 Å². The topological polar surface area (TPSA) is 99.5 Å². The number of pyridine rings is 1. The van der Waals surface area contributed by atoms with Crippen LogP contribution in [0.1, 0.15) is 17.2 Å². The summed E-state index contributed by atoms with van der Waals surface area (Å²) in [5, 5.41) is 21.7. The van der Waals surface area contributed by atoms with E-state index in [9.17, 15) is 19.8 Å². The highest BCUT2D eigenvalue weighted by atomic mass is 79.9. The summed E-state index contributed by atoms with van der Waals surface area (Å²) in [5.74, 6) is -1.95. The molecule has 1 aromatic carbocycles. The molecule has 6 nitrogen and oxygen atoms in total. The summed E-state index contributed by atoms with van der Waals surface area (Å²) >= 11 is 3.24. The Morgan fingerprint density at radius 3 is 2.48 bits per heavy atom. The molecule has 0 unspecified atom stereocenters. The van der Waals surface area contributed by atoms with Crippen molar-refractivity contribution in [2.24, 2.45) is 0 Å². The number of aliphatic hydroxyl groups is 1. The highest BCUT2D eigenvalue weighted by Crippen LogP contribution is 2.16. The largest absolute Gasteiger partial charge is 0.480 e. The van der Waals surface area contributed by atoms with Crippen LogP contribution < -0.4 is 5.32 Å². The van der Waals surface area contributed by atoms with Gasteiger partial charge in [-0.05, 0) is 33.1 Å². The molecule has 0 fully saturated rings. The Balaban J connectivity index is 2.09. The number of hydrogen-bond donors (Lipinski definition) is 3. The van der Waals surface area contributed by atoms with E-state index in [0.29, 0.717) is 15.7 Å². The maximum Gasteiger partial charge on any atom is 0.326 e. The molecule has 0 bridgehead atoms. The number of benzene rings is 1. The molecule has 0 saturated carbocycles. The Labute approximate surface area is 141 Å². The van der Waals surface area contributed by atoms with E-state index in [1.807, 2.05) is 0 Å². The average Bonchev–Trinajstić information content (AvgIpc) is 2.56. The van der Waals surface area contributed by atoms with Gasteiger partial charge in [-0.15, -0.1) is 0 Å². The van der Waals surface area contributed by atoms with Crippen LogP contribution >= 0.6 is 15.9 Å². The number of aliphatic carboxylic acids is 1. The van der Waals surface area contributed by atoms with Crippen LogP contribution in [-0.4, -0.2) is 33.1 Å². The number of nitrogens with one attached hydrogen (secondary N) is 1. The van der Waals surface area contributed by atoms with E-state index in [4.69, 9.17) is 0 Å². The van der Waals surface area contributed by atoms with Gasteiger partial charge in [-0.1, -0.05) is 36.4 Å². The zero-order valence-electron chi connectivity index (χ0n) is 12.0. The minimum Gasteiger partial charge on any atom is -0.480 e. The minimum atomic E-state index is -1.42. The maximum atomic E-state index is 12.1. The second kappa shape index (κ2) is 7.85. The first-order valence-electron chi connectivity index (χ1n) is 6.84. The second-order valence-electron chi connectivity index (χ2n) is 4.87. The Hall–Kier alpha value is -2.25. The summed E-state index contributed by atoms with van der Waals surface area (Å²) in [5.41, 5.74) is 1.05. The van der Waals surface area contributed by atoms with Crippen molar-refractivity contribution in [3.8, 4) is 0 Å². The fourth-order valence-electron chi connectivity index (χ4n) is 2.03. The number of hydrogen-bond acceptors (Lipinski definition) is 4. The molecule has 1 amide bonds. The molecular weight excluding hydrogens is 364 g/mol. The summed E-state index contributed by atoms with van der Waals surface area (Å²) in [6.07, 6.45) is 0.202. The smallest absolute Gasteiger partial charge is 0.326 e. The number of carboxylic acid groups (broad SMARTS) is 1. The Morgan fingerprint density at radius 2 is 1.87 bits per heavy atom. The van der Waals surface area contributed by atoms with Gasteiger partial charge in [0.25, 0.3) is 5.91 Å². The molecule has 0 aliphatic carbocycles. The van der Waals surface area contributed by atoms with E-state index in [2.05, 4.69) is 26.2 Å². The number of aromatic nitrogens is 1. The normalized spacial score (nSPS) is 13.1. The number of rotatable bonds is 6. The number of carboxylic acids is 1. The SMILES string of the molecule is O=C(O)[C@H](Cc1cccnc1Br)NC(=O)[C@@H](O)c1ccccc1. The summed E-state index contributed by atoms with van der Waals surface area (Å²) in [4.78, 5) is 27.5. The first-order chi connectivity index (χ1) is 11.0. The number of halogens is 1. The van der Waals surface area contributed by atoms with Gasteiger partial charge in [0.1, 0.15) is 10.6 Å². The second-order valence-corrected chi connectivity index (χ2v) is 5.62. The summed E-state index contributed by atoms with van der Waals surface area (Å²) in [6.45, 7) is 0. The van der Waals surface area contributed by atoms with Crippen LogP contribution in [0.4, 0.5) is 0 Å². The van der Waals surface area contributed by atoms with Crippen molar-refractivity contribution in [3.63, 3.8) is 0 Å². The Bertz CT molecular complexity index is 693. The van der Waals surface area contributed by atoms with Crippen molar-refractivity contribution in [3.05, 3.63) is 64.4 Å². The van der Waals surface area contributed by atoms with Gasteiger partial charge in [-0.25, -0.2) is 9.78 Å². The number of carbonyl (C=O) groups excluding carboxylic acids is 1. The minimum absolute atomic E-state index is 0.0526. The zero-order chi connectivity index (χ0) is 16.8. The van der Waals surface area contributed by atoms with Crippen LogP contribution in [0.3, 0.4) is 0 Å². The van der Waals surface area contributed by atoms with Gasteiger partial charge in [0.15, 0.2) is 6.10 Å². The first kappa shape index (κ1) is 17.1. The third kappa shape index (κ3) is 4.61. The molecule has 3 N–H and O–H groups in total.